The van der Waals surface area contributed by atoms with Crippen LogP contribution in [0.25, 0.3) is 11.3 Å². The van der Waals surface area contributed by atoms with Crippen molar-refractivity contribution in [2.24, 2.45) is 5.92 Å². The van der Waals surface area contributed by atoms with Crippen LogP contribution >= 0.6 is 0 Å². The second-order valence-corrected chi connectivity index (χ2v) is 9.00. The van der Waals surface area contributed by atoms with E-state index in [4.69, 9.17) is 4.42 Å². The van der Waals surface area contributed by atoms with Crippen LogP contribution in [0, 0.1) is 5.92 Å². The van der Waals surface area contributed by atoms with Gasteiger partial charge in [-0.15, -0.1) is 0 Å². The number of nitrogens with one attached hydrogen (secondary N) is 2. The van der Waals surface area contributed by atoms with Gasteiger partial charge in [-0.05, 0) is 63.2 Å². The van der Waals surface area contributed by atoms with Crippen molar-refractivity contribution < 1.29 is 17.6 Å². The highest BCUT2D eigenvalue weighted by Crippen LogP contribution is 2.28. The molecule has 1 amide bonds. The molecule has 1 aromatic heterocycles. The van der Waals surface area contributed by atoms with Gasteiger partial charge in [0.2, 0.25) is 10.0 Å². The van der Waals surface area contributed by atoms with E-state index in [0.29, 0.717) is 17.2 Å². The van der Waals surface area contributed by atoms with Gasteiger partial charge in [0.05, 0.1) is 4.90 Å². The Hall–Kier alpha value is -2.16. The SMILES string of the molecule is CNS(=O)(=O)c1cccc(-c2ccc(C(=O)N[C@H]3CN4CCC3CC4)o2)c1. The van der Waals surface area contributed by atoms with E-state index >= 15 is 0 Å². The van der Waals surface area contributed by atoms with E-state index in [9.17, 15) is 13.2 Å². The Morgan fingerprint density at radius 3 is 2.63 bits per heavy atom. The zero-order chi connectivity index (χ0) is 19.0. The second kappa shape index (κ2) is 7.10. The Bertz CT molecular complexity index is 945. The largest absolute Gasteiger partial charge is 0.451 e. The van der Waals surface area contributed by atoms with Crippen LogP contribution in [0.15, 0.2) is 45.7 Å². The number of rotatable bonds is 5. The van der Waals surface area contributed by atoms with Crippen molar-refractivity contribution in [1.29, 1.82) is 0 Å². The Morgan fingerprint density at radius 2 is 1.96 bits per heavy atom. The predicted molar refractivity (Wildman–Crippen MR) is 101 cm³/mol. The summed E-state index contributed by atoms with van der Waals surface area (Å²) in [6, 6.07) is 9.93. The molecule has 2 bridgehead atoms. The summed E-state index contributed by atoms with van der Waals surface area (Å²) in [6.07, 6.45) is 2.25. The van der Waals surface area contributed by atoms with Gasteiger partial charge >= 0.3 is 0 Å². The van der Waals surface area contributed by atoms with Gasteiger partial charge in [0, 0.05) is 18.2 Å². The number of carbonyl (C=O) groups is 1. The molecule has 2 aromatic rings. The third-order valence-electron chi connectivity index (χ3n) is 5.50. The molecule has 27 heavy (non-hydrogen) atoms. The van der Waals surface area contributed by atoms with E-state index < -0.39 is 10.0 Å². The van der Waals surface area contributed by atoms with Gasteiger partial charge in [-0.25, -0.2) is 13.1 Å². The number of nitrogens with zero attached hydrogens (tertiary/aromatic N) is 1. The molecule has 0 spiro atoms. The summed E-state index contributed by atoms with van der Waals surface area (Å²) >= 11 is 0. The third kappa shape index (κ3) is 3.65. The molecule has 3 aliphatic heterocycles. The maximum atomic E-state index is 12.6. The van der Waals surface area contributed by atoms with E-state index in [1.165, 1.54) is 19.2 Å². The lowest BCUT2D eigenvalue weighted by molar-refractivity contribution is 0.0606. The summed E-state index contributed by atoms with van der Waals surface area (Å²) in [5, 5.41) is 3.10. The van der Waals surface area contributed by atoms with Crippen LogP contribution in [0.4, 0.5) is 0 Å². The number of benzene rings is 1. The lowest BCUT2D eigenvalue weighted by Gasteiger charge is -2.44. The number of furan rings is 1. The van der Waals surface area contributed by atoms with Gasteiger partial charge in [0.1, 0.15) is 5.76 Å². The van der Waals surface area contributed by atoms with E-state index in [2.05, 4.69) is 14.9 Å². The first-order chi connectivity index (χ1) is 13.0. The van der Waals surface area contributed by atoms with E-state index in [1.807, 2.05) is 0 Å². The molecule has 1 atom stereocenters. The summed E-state index contributed by atoms with van der Waals surface area (Å²) in [5.41, 5.74) is 0.605. The highest BCUT2D eigenvalue weighted by molar-refractivity contribution is 7.89. The molecule has 3 aliphatic rings. The normalized spacial score (nSPS) is 24.7. The molecule has 1 aromatic carbocycles. The molecule has 5 rings (SSSR count). The summed E-state index contributed by atoms with van der Waals surface area (Å²) in [5.74, 6) is 1.02. The van der Waals surface area contributed by atoms with Crippen LogP contribution in [-0.2, 0) is 10.0 Å². The number of hydrogen-bond acceptors (Lipinski definition) is 5. The fourth-order valence-electron chi connectivity index (χ4n) is 3.92. The minimum absolute atomic E-state index is 0.150. The zero-order valence-corrected chi connectivity index (χ0v) is 16.0. The Labute approximate surface area is 158 Å². The van der Waals surface area contributed by atoms with Crippen LogP contribution in [0.1, 0.15) is 23.4 Å². The van der Waals surface area contributed by atoms with Gasteiger partial charge in [-0.2, -0.15) is 0 Å². The van der Waals surface area contributed by atoms with Crippen molar-refractivity contribution in [1.82, 2.24) is 14.9 Å². The van der Waals surface area contributed by atoms with E-state index in [1.54, 1.807) is 24.3 Å². The second-order valence-electron chi connectivity index (χ2n) is 7.12. The van der Waals surface area contributed by atoms with Gasteiger partial charge in [0.15, 0.2) is 5.76 Å². The molecule has 7 nitrogen and oxygen atoms in total. The number of piperidine rings is 3. The smallest absolute Gasteiger partial charge is 0.287 e. The van der Waals surface area contributed by atoms with Crippen LogP contribution in [0.2, 0.25) is 0 Å². The molecule has 0 saturated carbocycles. The van der Waals surface area contributed by atoms with Gasteiger partial charge in [-0.3, -0.25) is 4.79 Å². The lowest BCUT2D eigenvalue weighted by Crippen LogP contribution is -2.57. The third-order valence-corrected chi connectivity index (χ3v) is 6.91. The molecular formula is C19H23N3O4S. The summed E-state index contributed by atoms with van der Waals surface area (Å²) in [7, 11) is -2.17. The highest BCUT2D eigenvalue weighted by Gasteiger charge is 2.35. The fraction of sp³-hybridized carbons (Fsp3) is 0.421. The first-order valence-corrected chi connectivity index (χ1v) is 10.6. The van der Waals surface area contributed by atoms with Gasteiger partial charge in [0.25, 0.3) is 5.91 Å². The Balaban J connectivity index is 1.50. The Morgan fingerprint density at radius 1 is 1.19 bits per heavy atom. The molecule has 3 saturated heterocycles. The van der Waals surface area contributed by atoms with Crippen molar-refractivity contribution >= 4 is 15.9 Å². The van der Waals surface area contributed by atoms with Crippen LogP contribution in [0.3, 0.4) is 0 Å². The summed E-state index contributed by atoms with van der Waals surface area (Å²) in [6.45, 7) is 3.13. The summed E-state index contributed by atoms with van der Waals surface area (Å²) in [4.78, 5) is 15.1. The molecule has 3 fully saturated rings. The molecule has 0 aliphatic carbocycles. The van der Waals surface area contributed by atoms with Crippen LogP contribution < -0.4 is 10.0 Å². The molecule has 4 heterocycles. The zero-order valence-electron chi connectivity index (χ0n) is 15.1. The topological polar surface area (TPSA) is 91.6 Å². The minimum Gasteiger partial charge on any atom is -0.451 e. The number of sulfonamides is 1. The van der Waals surface area contributed by atoms with E-state index in [-0.39, 0.29) is 22.6 Å². The van der Waals surface area contributed by atoms with Crippen LogP contribution in [0.5, 0.6) is 0 Å². The van der Waals surface area contributed by atoms with E-state index in [0.717, 1.165) is 32.5 Å². The average molecular weight is 389 g/mol. The quantitative estimate of drug-likeness (QED) is 0.812. The fourth-order valence-corrected chi connectivity index (χ4v) is 4.69. The maximum Gasteiger partial charge on any atom is 0.287 e. The lowest BCUT2D eigenvalue weighted by atomic mass is 9.84. The number of amides is 1. The molecule has 0 radical (unpaired) electrons. The van der Waals surface area contributed by atoms with Crippen molar-refractivity contribution in [3.05, 3.63) is 42.2 Å². The summed E-state index contributed by atoms with van der Waals surface area (Å²) < 4.78 is 31.9. The average Bonchev–Trinajstić information content (AvgIpc) is 3.19. The predicted octanol–water partition coefficient (Wildman–Crippen LogP) is 1.68. The molecule has 8 heteroatoms. The minimum atomic E-state index is -3.54. The number of hydrogen-bond donors (Lipinski definition) is 2. The standard InChI is InChI=1S/C19H23N3O4S/c1-20-27(24,25)15-4-2-3-14(11-15)17-5-6-18(26-17)19(23)21-16-12-22-9-7-13(16)8-10-22/h2-6,11,13,16,20H,7-10,12H2,1H3,(H,21,23)/t16-/m0/s1. The number of carbonyl (C=O) groups excluding carboxylic acids is 1. The number of fused-ring (bicyclic) bond motifs is 3. The van der Waals surface area contributed by atoms with Crippen molar-refractivity contribution in [3.8, 4) is 11.3 Å². The highest BCUT2D eigenvalue weighted by atomic mass is 32.2. The Kier molecular flexibility index (Phi) is 4.79. The molecule has 0 unspecified atom stereocenters. The van der Waals surface area contributed by atoms with Crippen LogP contribution in [-0.4, -0.2) is 51.9 Å². The van der Waals surface area contributed by atoms with Gasteiger partial charge < -0.3 is 14.6 Å². The first-order valence-electron chi connectivity index (χ1n) is 9.13. The molecular weight excluding hydrogens is 366 g/mol. The molecule has 144 valence electrons. The first kappa shape index (κ1) is 18.2. The van der Waals surface area contributed by atoms with Crippen molar-refractivity contribution in [2.45, 2.75) is 23.8 Å². The van der Waals surface area contributed by atoms with Crippen molar-refractivity contribution in [3.63, 3.8) is 0 Å². The van der Waals surface area contributed by atoms with Crippen molar-refractivity contribution in [2.75, 3.05) is 26.7 Å². The van der Waals surface area contributed by atoms with Gasteiger partial charge in [-0.1, -0.05) is 12.1 Å². The molecule has 2 N–H and O–H groups in total. The maximum absolute atomic E-state index is 12.6. The monoisotopic (exact) mass is 389 g/mol.